The van der Waals surface area contributed by atoms with Crippen LogP contribution in [-0.2, 0) is 12.5 Å². The van der Waals surface area contributed by atoms with Gasteiger partial charge in [0.05, 0.1) is 11.1 Å². The Bertz CT molecular complexity index is 591. The summed E-state index contributed by atoms with van der Waals surface area (Å²) in [7, 11) is 1.70. The lowest BCUT2D eigenvalue weighted by Gasteiger charge is -2.20. The van der Waals surface area contributed by atoms with E-state index in [0.29, 0.717) is 0 Å². The van der Waals surface area contributed by atoms with Gasteiger partial charge in [0, 0.05) is 17.8 Å². The molecule has 0 fully saturated rings. The van der Waals surface area contributed by atoms with Crippen LogP contribution in [0.5, 0.6) is 0 Å². The monoisotopic (exact) mass is 216 g/mol. The summed E-state index contributed by atoms with van der Waals surface area (Å²) in [6.07, 6.45) is 0. The zero-order valence-electron chi connectivity index (χ0n) is 10.1. The highest BCUT2D eigenvalue weighted by molar-refractivity contribution is 5.84. The molecule has 2 rings (SSSR count). The van der Waals surface area contributed by atoms with Gasteiger partial charge in [-0.05, 0) is 6.07 Å². The Labute approximate surface area is 94.7 Å². The fourth-order valence-electron chi connectivity index (χ4n) is 1.85. The van der Waals surface area contributed by atoms with Gasteiger partial charge in [0.1, 0.15) is 0 Å². The van der Waals surface area contributed by atoms with Gasteiger partial charge < -0.3 is 0 Å². The normalized spacial score (nSPS) is 12.0. The van der Waals surface area contributed by atoms with E-state index < -0.39 is 0 Å². The molecular formula is C13H16N2O. The fourth-order valence-corrected chi connectivity index (χ4v) is 1.85. The van der Waals surface area contributed by atoms with E-state index in [1.54, 1.807) is 7.05 Å². The highest BCUT2D eigenvalue weighted by Gasteiger charge is 2.20. The summed E-state index contributed by atoms with van der Waals surface area (Å²) in [4.78, 5) is 11.9. The van der Waals surface area contributed by atoms with Crippen LogP contribution in [0.15, 0.2) is 29.1 Å². The Morgan fingerprint density at radius 1 is 1.12 bits per heavy atom. The van der Waals surface area contributed by atoms with Crippen LogP contribution in [-0.4, -0.2) is 9.78 Å². The average molecular weight is 216 g/mol. The summed E-state index contributed by atoms with van der Waals surface area (Å²) >= 11 is 0. The van der Waals surface area contributed by atoms with Crippen molar-refractivity contribution in [2.45, 2.75) is 26.2 Å². The van der Waals surface area contributed by atoms with Crippen molar-refractivity contribution in [3.05, 3.63) is 40.3 Å². The molecule has 0 saturated carbocycles. The lowest BCUT2D eigenvalue weighted by molar-refractivity contribution is 0.540. The van der Waals surface area contributed by atoms with Gasteiger partial charge in [0.15, 0.2) is 0 Å². The minimum absolute atomic E-state index is 0.0383. The quantitative estimate of drug-likeness (QED) is 0.677. The van der Waals surface area contributed by atoms with Crippen LogP contribution in [0.3, 0.4) is 0 Å². The first-order valence-electron chi connectivity index (χ1n) is 5.38. The Balaban J connectivity index is 2.97. The molecule has 2 aromatic rings. The maximum atomic E-state index is 11.9. The van der Waals surface area contributed by atoms with Crippen LogP contribution in [0.1, 0.15) is 26.5 Å². The molecule has 0 saturated heterocycles. The molecule has 0 spiro atoms. The van der Waals surface area contributed by atoms with Crippen LogP contribution in [0.4, 0.5) is 0 Å². The van der Waals surface area contributed by atoms with E-state index >= 15 is 0 Å². The third kappa shape index (κ3) is 1.62. The molecule has 0 unspecified atom stereocenters. The zero-order chi connectivity index (χ0) is 11.9. The number of rotatable bonds is 0. The van der Waals surface area contributed by atoms with E-state index in [2.05, 4.69) is 25.9 Å². The van der Waals surface area contributed by atoms with Crippen molar-refractivity contribution in [2.75, 3.05) is 0 Å². The van der Waals surface area contributed by atoms with E-state index in [1.807, 2.05) is 24.3 Å². The Kier molecular flexibility index (Phi) is 2.34. The number of aryl methyl sites for hydroxylation is 1. The number of hydrogen-bond acceptors (Lipinski definition) is 2. The van der Waals surface area contributed by atoms with Crippen LogP contribution in [0.25, 0.3) is 10.8 Å². The van der Waals surface area contributed by atoms with Crippen LogP contribution in [0, 0.1) is 0 Å². The van der Waals surface area contributed by atoms with Crippen molar-refractivity contribution >= 4 is 10.8 Å². The molecule has 0 atom stereocenters. The lowest BCUT2D eigenvalue weighted by Crippen LogP contribution is -2.26. The highest BCUT2D eigenvalue weighted by atomic mass is 16.1. The van der Waals surface area contributed by atoms with E-state index in [-0.39, 0.29) is 11.0 Å². The van der Waals surface area contributed by atoms with Crippen molar-refractivity contribution < 1.29 is 0 Å². The second-order valence-electron chi connectivity index (χ2n) is 5.07. The van der Waals surface area contributed by atoms with Crippen molar-refractivity contribution in [1.29, 1.82) is 0 Å². The van der Waals surface area contributed by atoms with Gasteiger partial charge in [-0.2, -0.15) is 5.10 Å². The smallest absolute Gasteiger partial charge is 0.267 e. The maximum Gasteiger partial charge on any atom is 0.274 e. The summed E-state index contributed by atoms with van der Waals surface area (Å²) in [5.74, 6) is 0. The predicted molar refractivity (Wildman–Crippen MR) is 65.7 cm³/mol. The molecule has 0 N–H and O–H groups in total. The van der Waals surface area contributed by atoms with Crippen molar-refractivity contribution in [2.24, 2.45) is 7.05 Å². The molecule has 1 aromatic carbocycles. The SMILES string of the molecule is Cn1nc(C(C)(C)C)c2ccccc2c1=O. The summed E-state index contributed by atoms with van der Waals surface area (Å²) in [6, 6.07) is 7.65. The van der Waals surface area contributed by atoms with Crippen molar-refractivity contribution in [1.82, 2.24) is 9.78 Å². The molecule has 16 heavy (non-hydrogen) atoms. The van der Waals surface area contributed by atoms with Crippen molar-refractivity contribution in [3.63, 3.8) is 0 Å². The zero-order valence-corrected chi connectivity index (χ0v) is 10.1. The van der Waals surface area contributed by atoms with Gasteiger partial charge in [-0.15, -0.1) is 0 Å². The second kappa shape index (κ2) is 3.44. The standard InChI is InChI=1S/C13H16N2O/c1-13(2,3)11-9-7-5-6-8-10(9)12(16)15(4)14-11/h5-8H,1-4H3. The van der Waals surface area contributed by atoms with E-state index in [0.717, 1.165) is 16.5 Å². The number of nitrogens with zero attached hydrogens (tertiary/aromatic N) is 2. The highest BCUT2D eigenvalue weighted by Crippen LogP contribution is 2.25. The molecule has 0 aliphatic carbocycles. The van der Waals surface area contributed by atoms with E-state index in [4.69, 9.17) is 0 Å². The van der Waals surface area contributed by atoms with Crippen LogP contribution >= 0.6 is 0 Å². The second-order valence-corrected chi connectivity index (χ2v) is 5.07. The summed E-state index contributed by atoms with van der Waals surface area (Å²) in [5, 5.41) is 6.07. The Hall–Kier alpha value is -1.64. The van der Waals surface area contributed by atoms with Crippen molar-refractivity contribution in [3.8, 4) is 0 Å². The van der Waals surface area contributed by atoms with Gasteiger partial charge in [-0.25, -0.2) is 4.68 Å². The summed E-state index contributed by atoms with van der Waals surface area (Å²) < 4.78 is 1.42. The Morgan fingerprint density at radius 3 is 2.25 bits per heavy atom. The summed E-state index contributed by atoms with van der Waals surface area (Å²) in [6.45, 7) is 6.31. The van der Waals surface area contributed by atoms with Crippen LogP contribution < -0.4 is 5.56 Å². The third-order valence-corrected chi connectivity index (χ3v) is 2.67. The molecule has 1 heterocycles. The van der Waals surface area contributed by atoms with Gasteiger partial charge in [0.25, 0.3) is 5.56 Å². The fraction of sp³-hybridized carbons (Fsp3) is 0.385. The first-order chi connectivity index (χ1) is 7.41. The molecule has 0 radical (unpaired) electrons. The van der Waals surface area contributed by atoms with E-state index in [9.17, 15) is 4.79 Å². The molecule has 3 heteroatoms. The molecule has 1 aromatic heterocycles. The Morgan fingerprint density at radius 2 is 1.69 bits per heavy atom. The minimum atomic E-state index is -0.0644. The number of benzene rings is 1. The molecule has 84 valence electrons. The molecule has 0 amide bonds. The maximum absolute atomic E-state index is 11.9. The number of fused-ring (bicyclic) bond motifs is 1. The van der Waals surface area contributed by atoms with E-state index in [1.165, 1.54) is 4.68 Å². The molecular weight excluding hydrogens is 200 g/mol. The molecule has 0 bridgehead atoms. The predicted octanol–water partition coefficient (Wildman–Crippen LogP) is 2.23. The molecule has 3 nitrogen and oxygen atoms in total. The van der Waals surface area contributed by atoms with Gasteiger partial charge >= 0.3 is 0 Å². The largest absolute Gasteiger partial charge is 0.274 e. The molecule has 0 aliphatic rings. The van der Waals surface area contributed by atoms with Gasteiger partial charge in [0.2, 0.25) is 0 Å². The molecule has 0 aliphatic heterocycles. The number of hydrogen-bond donors (Lipinski definition) is 0. The van der Waals surface area contributed by atoms with Crippen LogP contribution in [0.2, 0.25) is 0 Å². The van der Waals surface area contributed by atoms with Gasteiger partial charge in [-0.1, -0.05) is 39.0 Å². The minimum Gasteiger partial charge on any atom is -0.267 e. The first-order valence-corrected chi connectivity index (χ1v) is 5.38. The lowest BCUT2D eigenvalue weighted by atomic mass is 9.89. The first kappa shape index (κ1) is 10.9. The van der Waals surface area contributed by atoms with Gasteiger partial charge in [-0.3, -0.25) is 4.79 Å². The third-order valence-electron chi connectivity index (χ3n) is 2.67. The number of aromatic nitrogens is 2. The average Bonchev–Trinajstić information content (AvgIpc) is 2.22. The summed E-state index contributed by atoms with van der Waals surface area (Å²) in [5.41, 5.74) is 0.860. The topological polar surface area (TPSA) is 34.9 Å².